The molecule has 3 heterocycles. The number of ether oxygens (including phenoxy) is 1. The zero-order chi connectivity index (χ0) is 28.3. The quantitative estimate of drug-likeness (QED) is 0.146. The number of nitrogen functional groups attached to an aromatic ring is 1. The highest BCUT2D eigenvalue weighted by Gasteiger charge is 2.44. The molecule has 0 unspecified atom stereocenters. The maximum absolute atomic E-state index is 15.5. The van der Waals surface area contributed by atoms with Crippen LogP contribution in [0.25, 0.3) is 33.6 Å². The molecule has 0 radical (unpaired) electrons. The second-order valence-electron chi connectivity index (χ2n) is 10.9. The lowest BCUT2D eigenvalue weighted by molar-refractivity contribution is 0.129. The lowest BCUT2D eigenvalue weighted by Gasteiger charge is -2.42. The Morgan fingerprint density at radius 3 is 2.41 bits per heavy atom. The summed E-state index contributed by atoms with van der Waals surface area (Å²) in [5.74, 6) is 0.482. The van der Waals surface area contributed by atoms with Gasteiger partial charge in [0.15, 0.2) is 8.32 Å². The monoisotopic (exact) mass is 553 g/mol. The Morgan fingerprint density at radius 2 is 1.77 bits per heavy atom. The van der Waals surface area contributed by atoms with Gasteiger partial charge in [-0.1, -0.05) is 41.5 Å². The van der Waals surface area contributed by atoms with E-state index in [4.69, 9.17) is 24.3 Å². The predicted octanol–water partition coefficient (Wildman–Crippen LogP) is 7.20. The van der Waals surface area contributed by atoms with Crippen molar-refractivity contribution in [1.82, 2.24) is 19.5 Å². The number of halogens is 1. The Hall–Kier alpha value is -3.08. The van der Waals surface area contributed by atoms with Crippen molar-refractivity contribution in [3.05, 3.63) is 48.4 Å². The van der Waals surface area contributed by atoms with Gasteiger partial charge in [0.05, 0.1) is 17.7 Å². The number of rotatable bonds is 12. The van der Waals surface area contributed by atoms with E-state index in [9.17, 15) is 0 Å². The summed E-state index contributed by atoms with van der Waals surface area (Å²) in [5.41, 5.74) is 9.96. The Morgan fingerprint density at radius 1 is 1.05 bits per heavy atom. The summed E-state index contributed by atoms with van der Waals surface area (Å²) >= 11 is 0. The molecule has 1 aromatic carbocycles. The van der Waals surface area contributed by atoms with Crippen LogP contribution in [0, 0.1) is 5.82 Å². The van der Waals surface area contributed by atoms with Crippen molar-refractivity contribution in [2.75, 3.05) is 19.5 Å². The Kier molecular flexibility index (Phi) is 8.88. The summed E-state index contributed by atoms with van der Waals surface area (Å²) in [7, 11) is -0.362. The number of anilines is 1. The van der Waals surface area contributed by atoms with Gasteiger partial charge in [-0.05, 0) is 47.3 Å². The van der Waals surface area contributed by atoms with Crippen LogP contribution in [-0.4, -0.2) is 41.6 Å². The molecule has 0 saturated carbocycles. The van der Waals surface area contributed by atoms with Gasteiger partial charge in [-0.2, -0.15) is 0 Å². The Bertz CT molecular complexity index is 1390. The van der Waals surface area contributed by atoms with Crippen LogP contribution < -0.4 is 5.73 Å². The topological polar surface area (TPSA) is 101 Å². The van der Waals surface area contributed by atoms with Crippen molar-refractivity contribution in [3.8, 4) is 22.6 Å². The molecule has 0 atom stereocenters. The molecule has 3 aromatic heterocycles. The van der Waals surface area contributed by atoms with Crippen LogP contribution >= 0.6 is 0 Å². The lowest BCUT2D eigenvalue weighted by Crippen LogP contribution is -2.48. The number of fused-ring (bicyclic) bond motifs is 1. The summed E-state index contributed by atoms with van der Waals surface area (Å²) < 4.78 is 35.3. The van der Waals surface area contributed by atoms with Crippen LogP contribution in [0.1, 0.15) is 53.8 Å². The van der Waals surface area contributed by atoms with Crippen molar-refractivity contribution in [2.24, 2.45) is 0 Å². The van der Waals surface area contributed by atoms with Crippen LogP contribution in [0.2, 0.25) is 16.6 Å². The highest BCUT2D eigenvalue weighted by Crippen LogP contribution is 2.42. The van der Waals surface area contributed by atoms with E-state index in [0.29, 0.717) is 63.3 Å². The number of aromatic nitrogens is 4. The summed E-state index contributed by atoms with van der Waals surface area (Å²) in [6, 6.07) is 6.62. The number of hydrogen-bond donors (Lipinski definition) is 1. The number of methoxy groups -OCH3 is 1. The molecule has 210 valence electrons. The molecule has 8 nitrogen and oxygen atoms in total. The lowest BCUT2D eigenvalue weighted by atomic mass is 10.1. The predicted molar refractivity (Wildman–Crippen MR) is 155 cm³/mol. The van der Waals surface area contributed by atoms with Gasteiger partial charge in [-0.25, -0.2) is 19.3 Å². The second-order valence-corrected chi connectivity index (χ2v) is 16.4. The first-order valence-electron chi connectivity index (χ1n) is 13.6. The van der Waals surface area contributed by atoms with E-state index in [-0.39, 0.29) is 12.7 Å². The smallest absolute Gasteiger partial charge is 0.220 e. The van der Waals surface area contributed by atoms with E-state index in [0.717, 1.165) is 12.2 Å². The number of aryl methyl sites for hydroxylation is 1. The van der Waals surface area contributed by atoms with E-state index >= 15 is 4.39 Å². The summed E-state index contributed by atoms with van der Waals surface area (Å²) in [6.07, 6.45) is 4.52. The molecule has 10 heteroatoms. The van der Waals surface area contributed by atoms with Gasteiger partial charge in [0, 0.05) is 37.3 Å². The van der Waals surface area contributed by atoms with Gasteiger partial charge in [0.2, 0.25) is 5.95 Å². The fourth-order valence-electron chi connectivity index (χ4n) is 6.05. The molecular weight excluding hydrogens is 513 g/mol. The standard InChI is InChI=1S/C29H40FN5O3Si/c1-18(2)39(19(3)4,20(5)6)38-13-8-9-26-34-27(22-16-25-21(11-14-37-25)15-23(22)30)28(35(26)17-36-7)24-10-12-32-29(31)33-24/h10-12,14-16,18-20H,8-9,13,17H2,1-7H3,(H2,31,32,33). The minimum absolute atomic E-state index is 0.123. The average molecular weight is 554 g/mol. The van der Waals surface area contributed by atoms with Crippen LogP contribution in [0.3, 0.4) is 0 Å². The molecular formula is C29H40FN5O3Si. The average Bonchev–Trinajstić information content (AvgIpc) is 3.47. The number of nitrogens with zero attached hydrogens (tertiary/aromatic N) is 4. The summed E-state index contributed by atoms with van der Waals surface area (Å²) in [4.78, 5) is 13.4. The van der Waals surface area contributed by atoms with E-state index in [2.05, 4.69) is 51.5 Å². The Balaban J connectivity index is 1.74. The van der Waals surface area contributed by atoms with Crippen molar-refractivity contribution in [1.29, 1.82) is 0 Å². The first-order chi connectivity index (χ1) is 18.6. The molecule has 0 amide bonds. The highest BCUT2D eigenvalue weighted by atomic mass is 28.4. The zero-order valence-electron chi connectivity index (χ0n) is 24.0. The van der Waals surface area contributed by atoms with Gasteiger partial charge in [-0.15, -0.1) is 0 Å². The van der Waals surface area contributed by atoms with Crippen LogP contribution in [0.5, 0.6) is 0 Å². The molecule has 4 rings (SSSR count). The van der Waals surface area contributed by atoms with Crippen molar-refractivity contribution in [3.63, 3.8) is 0 Å². The third-order valence-corrected chi connectivity index (χ3v) is 13.7. The first-order valence-corrected chi connectivity index (χ1v) is 15.7. The minimum atomic E-state index is -1.98. The highest BCUT2D eigenvalue weighted by molar-refractivity contribution is 6.77. The van der Waals surface area contributed by atoms with E-state index in [1.165, 1.54) is 6.07 Å². The molecule has 0 saturated heterocycles. The molecule has 0 fully saturated rings. The van der Waals surface area contributed by atoms with Gasteiger partial charge in [-0.3, -0.25) is 0 Å². The second kappa shape index (κ2) is 12.0. The third kappa shape index (κ3) is 5.64. The van der Waals surface area contributed by atoms with Crippen LogP contribution in [0.15, 0.2) is 41.1 Å². The molecule has 2 N–H and O–H groups in total. The largest absolute Gasteiger partial charge is 0.464 e. The fraction of sp³-hybridized carbons (Fsp3) is 0.483. The Labute approximate surface area is 230 Å². The molecule has 39 heavy (non-hydrogen) atoms. The van der Waals surface area contributed by atoms with Gasteiger partial charge in [0.1, 0.15) is 29.6 Å². The number of furan rings is 1. The van der Waals surface area contributed by atoms with Gasteiger partial charge in [0.25, 0.3) is 0 Å². The van der Waals surface area contributed by atoms with Crippen molar-refractivity contribution >= 4 is 25.2 Å². The maximum atomic E-state index is 15.5. The molecule has 0 aliphatic carbocycles. The number of benzene rings is 1. The van der Waals surface area contributed by atoms with E-state index in [1.54, 1.807) is 37.8 Å². The van der Waals surface area contributed by atoms with Crippen LogP contribution in [-0.2, 0) is 22.3 Å². The van der Waals surface area contributed by atoms with E-state index in [1.807, 2.05) is 4.57 Å². The molecule has 0 bridgehead atoms. The fourth-order valence-corrected chi connectivity index (χ4v) is 11.6. The number of nitrogens with two attached hydrogens (primary N) is 1. The first kappa shape index (κ1) is 28.9. The number of hydrogen-bond acceptors (Lipinski definition) is 7. The van der Waals surface area contributed by atoms with Crippen molar-refractivity contribution in [2.45, 2.75) is 77.7 Å². The normalized spacial score (nSPS) is 12.5. The summed E-state index contributed by atoms with van der Waals surface area (Å²) in [5, 5.41) is 0.686. The van der Waals surface area contributed by atoms with E-state index < -0.39 is 14.1 Å². The zero-order valence-corrected chi connectivity index (χ0v) is 25.0. The minimum Gasteiger partial charge on any atom is -0.464 e. The maximum Gasteiger partial charge on any atom is 0.220 e. The van der Waals surface area contributed by atoms with Gasteiger partial charge < -0.3 is 23.9 Å². The molecule has 4 aromatic rings. The number of imidazole rings is 1. The molecule has 0 aliphatic rings. The van der Waals surface area contributed by atoms with Crippen LogP contribution in [0.4, 0.5) is 10.3 Å². The third-order valence-electron chi connectivity index (χ3n) is 7.62. The SMILES string of the molecule is COCn1c(CCCO[Si](C(C)C)(C(C)C)C(C)C)nc(-c2cc3occc3cc2F)c1-c1ccnc(N)n1. The van der Waals surface area contributed by atoms with Gasteiger partial charge >= 0.3 is 0 Å². The summed E-state index contributed by atoms with van der Waals surface area (Å²) in [6.45, 7) is 14.6. The molecule has 0 spiro atoms. The van der Waals surface area contributed by atoms with Crippen molar-refractivity contribution < 1.29 is 18.0 Å². The molecule has 0 aliphatic heterocycles.